The molecule has 0 radical (unpaired) electrons. The van der Waals surface area contributed by atoms with Gasteiger partial charge in [-0.15, -0.1) is 10.2 Å². The minimum absolute atomic E-state index is 0.0424. The highest BCUT2D eigenvalue weighted by Gasteiger charge is 2.30. The molecule has 0 atom stereocenters. The van der Waals surface area contributed by atoms with Crippen molar-refractivity contribution in [2.24, 2.45) is 0 Å². The number of ether oxygens (including phenoxy) is 1. The van der Waals surface area contributed by atoms with Gasteiger partial charge in [0.15, 0.2) is 11.5 Å². The second-order valence-corrected chi connectivity index (χ2v) is 4.57. The SMILES string of the molecule is Nc1cccc2nnc(COc3ccc(C(F)(F)F)cc3)n12. The largest absolute Gasteiger partial charge is 0.486 e. The summed E-state index contributed by atoms with van der Waals surface area (Å²) in [6.45, 7) is 0.0424. The van der Waals surface area contributed by atoms with Crippen LogP contribution < -0.4 is 10.5 Å². The van der Waals surface area contributed by atoms with Gasteiger partial charge in [0, 0.05) is 0 Å². The van der Waals surface area contributed by atoms with Gasteiger partial charge >= 0.3 is 6.18 Å². The monoisotopic (exact) mass is 308 g/mol. The maximum atomic E-state index is 12.5. The van der Waals surface area contributed by atoms with Crippen molar-refractivity contribution in [1.82, 2.24) is 14.6 Å². The summed E-state index contributed by atoms with van der Waals surface area (Å²) >= 11 is 0. The molecule has 0 saturated heterocycles. The van der Waals surface area contributed by atoms with Gasteiger partial charge in [-0.1, -0.05) is 6.07 Å². The number of nitrogens with two attached hydrogens (primary N) is 1. The number of nitrogen functional groups attached to an aromatic ring is 1. The number of hydrogen-bond acceptors (Lipinski definition) is 4. The van der Waals surface area contributed by atoms with Crippen LogP contribution in [0.15, 0.2) is 42.5 Å². The second kappa shape index (κ2) is 5.21. The Bertz CT molecular complexity index is 796. The van der Waals surface area contributed by atoms with Crippen molar-refractivity contribution in [2.45, 2.75) is 12.8 Å². The van der Waals surface area contributed by atoms with E-state index in [9.17, 15) is 13.2 Å². The standard InChI is InChI=1S/C14H11F3N4O/c15-14(16,17)9-4-6-10(7-5-9)22-8-13-20-19-12-3-1-2-11(18)21(12)13/h1-7H,8,18H2. The molecule has 0 aliphatic carbocycles. The highest BCUT2D eigenvalue weighted by Crippen LogP contribution is 2.30. The Balaban J connectivity index is 1.77. The maximum absolute atomic E-state index is 12.5. The van der Waals surface area contributed by atoms with Crippen molar-refractivity contribution in [2.75, 3.05) is 5.73 Å². The first-order valence-electron chi connectivity index (χ1n) is 6.34. The number of aromatic nitrogens is 3. The van der Waals surface area contributed by atoms with Crippen molar-refractivity contribution in [1.29, 1.82) is 0 Å². The highest BCUT2D eigenvalue weighted by atomic mass is 19.4. The van der Waals surface area contributed by atoms with E-state index in [1.54, 1.807) is 22.6 Å². The molecule has 1 aromatic carbocycles. The van der Waals surface area contributed by atoms with E-state index >= 15 is 0 Å². The zero-order valence-electron chi connectivity index (χ0n) is 11.2. The van der Waals surface area contributed by atoms with E-state index in [2.05, 4.69) is 10.2 Å². The molecule has 3 rings (SSSR count). The predicted molar refractivity (Wildman–Crippen MR) is 73.2 cm³/mol. The lowest BCUT2D eigenvalue weighted by molar-refractivity contribution is -0.137. The van der Waals surface area contributed by atoms with Gasteiger partial charge in [-0.25, -0.2) is 0 Å². The molecule has 2 heterocycles. The van der Waals surface area contributed by atoms with Crippen molar-refractivity contribution in [3.63, 3.8) is 0 Å². The van der Waals surface area contributed by atoms with Gasteiger partial charge < -0.3 is 10.5 Å². The van der Waals surface area contributed by atoms with Gasteiger partial charge in [-0.2, -0.15) is 13.2 Å². The number of halogens is 3. The molecule has 0 amide bonds. The Kier molecular flexibility index (Phi) is 3.36. The summed E-state index contributed by atoms with van der Waals surface area (Å²) in [4.78, 5) is 0. The number of pyridine rings is 1. The van der Waals surface area contributed by atoms with Crippen LogP contribution in [0.3, 0.4) is 0 Å². The van der Waals surface area contributed by atoms with Crippen molar-refractivity contribution in [3.05, 3.63) is 53.9 Å². The molecule has 0 unspecified atom stereocenters. The van der Waals surface area contributed by atoms with Gasteiger partial charge in [0.25, 0.3) is 0 Å². The number of alkyl halides is 3. The topological polar surface area (TPSA) is 65.4 Å². The summed E-state index contributed by atoms with van der Waals surface area (Å²) in [6.07, 6.45) is -4.36. The van der Waals surface area contributed by atoms with Crippen LogP contribution in [-0.2, 0) is 12.8 Å². The zero-order valence-corrected chi connectivity index (χ0v) is 11.2. The molecular weight excluding hydrogens is 297 g/mol. The van der Waals surface area contributed by atoms with Crippen LogP contribution in [0.1, 0.15) is 11.4 Å². The van der Waals surface area contributed by atoms with Gasteiger partial charge in [-0.3, -0.25) is 4.40 Å². The van der Waals surface area contributed by atoms with Crippen LogP contribution in [-0.4, -0.2) is 14.6 Å². The number of fused-ring (bicyclic) bond motifs is 1. The van der Waals surface area contributed by atoms with E-state index in [4.69, 9.17) is 10.5 Å². The Morgan fingerprint density at radius 3 is 2.45 bits per heavy atom. The number of anilines is 1. The average molecular weight is 308 g/mol. The molecular formula is C14H11F3N4O. The van der Waals surface area contributed by atoms with E-state index in [-0.39, 0.29) is 6.61 Å². The summed E-state index contributed by atoms with van der Waals surface area (Å²) in [6, 6.07) is 9.63. The van der Waals surface area contributed by atoms with Crippen LogP contribution in [0.2, 0.25) is 0 Å². The Labute approximate surface area is 123 Å². The number of rotatable bonds is 3. The van der Waals surface area contributed by atoms with E-state index < -0.39 is 11.7 Å². The highest BCUT2D eigenvalue weighted by molar-refractivity contribution is 5.47. The average Bonchev–Trinajstić information content (AvgIpc) is 2.89. The van der Waals surface area contributed by atoms with Crippen LogP contribution in [0.5, 0.6) is 5.75 Å². The number of benzene rings is 1. The third-order valence-electron chi connectivity index (χ3n) is 3.08. The number of hydrogen-bond donors (Lipinski definition) is 1. The van der Waals surface area contributed by atoms with E-state index in [1.807, 2.05) is 0 Å². The first kappa shape index (κ1) is 14.2. The van der Waals surface area contributed by atoms with Gasteiger partial charge in [-0.05, 0) is 36.4 Å². The molecule has 2 N–H and O–H groups in total. The lowest BCUT2D eigenvalue weighted by atomic mass is 10.2. The second-order valence-electron chi connectivity index (χ2n) is 4.57. The minimum Gasteiger partial charge on any atom is -0.486 e. The zero-order chi connectivity index (χ0) is 15.7. The molecule has 0 spiro atoms. The summed E-state index contributed by atoms with van der Waals surface area (Å²) < 4.78 is 44.5. The van der Waals surface area contributed by atoms with Crippen LogP contribution in [0.4, 0.5) is 19.0 Å². The van der Waals surface area contributed by atoms with E-state index in [0.717, 1.165) is 12.1 Å². The van der Waals surface area contributed by atoms with Crippen LogP contribution >= 0.6 is 0 Å². The Morgan fingerprint density at radius 1 is 1.05 bits per heavy atom. The quantitative estimate of drug-likeness (QED) is 0.808. The molecule has 0 bridgehead atoms. The van der Waals surface area contributed by atoms with Gasteiger partial charge in [0.05, 0.1) is 5.56 Å². The molecule has 0 saturated carbocycles. The lowest BCUT2D eigenvalue weighted by Crippen LogP contribution is -2.06. The molecule has 8 heteroatoms. The molecule has 0 fully saturated rings. The fraction of sp³-hybridized carbons (Fsp3) is 0.143. The maximum Gasteiger partial charge on any atom is 0.416 e. The first-order valence-corrected chi connectivity index (χ1v) is 6.34. The lowest BCUT2D eigenvalue weighted by Gasteiger charge is -2.09. The van der Waals surface area contributed by atoms with Crippen LogP contribution in [0.25, 0.3) is 5.65 Å². The van der Waals surface area contributed by atoms with Crippen molar-refractivity contribution >= 4 is 11.5 Å². The van der Waals surface area contributed by atoms with Gasteiger partial charge in [0.1, 0.15) is 18.2 Å². The Hall–Kier alpha value is -2.77. The Morgan fingerprint density at radius 2 is 1.77 bits per heavy atom. The van der Waals surface area contributed by atoms with Crippen molar-refractivity contribution in [3.8, 4) is 5.75 Å². The summed E-state index contributed by atoms with van der Waals surface area (Å²) in [5, 5.41) is 7.90. The molecule has 2 aromatic heterocycles. The molecule has 0 aliphatic rings. The molecule has 22 heavy (non-hydrogen) atoms. The first-order chi connectivity index (χ1) is 10.4. The third-order valence-corrected chi connectivity index (χ3v) is 3.08. The summed E-state index contributed by atoms with van der Waals surface area (Å²) in [5.74, 6) is 1.22. The molecule has 114 valence electrons. The third kappa shape index (κ3) is 2.67. The van der Waals surface area contributed by atoms with E-state index in [1.165, 1.54) is 12.1 Å². The van der Waals surface area contributed by atoms with Gasteiger partial charge in [0.2, 0.25) is 0 Å². The molecule has 0 aliphatic heterocycles. The summed E-state index contributed by atoms with van der Waals surface area (Å²) in [5.41, 5.74) is 5.69. The van der Waals surface area contributed by atoms with E-state index in [0.29, 0.717) is 23.0 Å². The molecule has 3 aromatic rings. The normalized spacial score (nSPS) is 11.8. The summed E-state index contributed by atoms with van der Waals surface area (Å²) in [7, 11) is 0. The smallest absolute Gasteiger partial charge is 0.416 e. The number of nitrogens with zero attached hydrogens (tertiary/aromatic N) is 3. The fourth-order valence-electron chi connectivity index (χ4n) is 2.01. The molecule has 5 nitrogen and oxygen atoms in total. The minimum atomic E-state index is -4.36. The fourth-order valence-corrected chi connectivity index (χ4v) is 2.01. The van der Waals surface area contributed by atoms with Crippen LogP contribution in [0, 0.1) is 0 Å². The predicted octanol–water partition coefficient (Wildman–Crippen LogP) is 2.91. The van der Waals surface area contributed by atoms with Crippen molar-refractivity contribution < 1.29 is 17.9 Å².